The smallest absolute Gasteiger partial charge is 0.243 e. The maximum atomic E-state index is 12.3. The van der Waals surface area contributed by atoms with Crippen molar-refractivity contribution in [1.29, 1.82) is 0 Å². The highest BCUT2D eigenvalue weighted by atomic mass is 32.2. The van der Waals surface area contributed by atoms with E-state index in [-0.39, 0.29) is 18.0 Å². The molecule has 1 aromatic rings. The third-order valence-corrected chi connectivity index (χ3v) is 4.84. The van der Waals surface area contributed by atoms with Crippen molar-refractivity contribution in [3.05, 3.63) is 23.8 Å². The van der Waals surface area contributed by atoms with Gasteiger partial charge in [-0.2, -0.15) is 4.31 Å². The molecular formula is C12H19NO4S. The highest BCUT2D eigenvalue weighted by Crippen LogP contribution is 2.23. The lowest BCUT2D eigenvalue weighted by molar-refractivity contribution is 0.257. The molecule has 102 valence electrons. The second-order valence-electron chi connectivity index (χ2n) is 3.85. The number of aliphatic hydroxyl groups excluding tert-OH is 1. The number of likely N-dealkylation sites (N-methyl/N-ethyl adjacent to an activating group) is 1. The van der Waals surface area contributed by atoms with Crippen molar-refractivity contribution in [2.24, 2.45) is 0 Å². The van der Waals surface area contributed by atoms with Crippen molar-refractivity contribution in [1.82, 2.24) is 4.31 Å². The van der Waals surface area contributed by atoms with Crippen LogP contribution in [0.1, 0.15) is 12.5 Å². The molecule has 0 aromatic heterocycles. The van der Waals surface area contributed by atoms with E-state index in [0.29, 0.717) is 17.9 Å². The topological polar surface area (TPSA) is 66.8 Å². The average Bonchev–Trinajstić information content (AvgIpc) is 2.35. The first-order chi connectivity index (χ1) is 8.47. The fourth-order valence-corrected chi connectivity index (χ4v) is 3.38. The predicted molar refractivity (Wildman–Crippen MR) is 69.2 cm³/mol. The van der Waals surface area contributed by atoms with Gasteiger partial charge in [-0.15, -0.1) is 0 Å². The Morgan fingerprint density at radius 2 is 2.06 bits per heavy atom. The number of nitrogens with zero attached hydrogens (tertiary/aromatic N) is 1. The molecule has 1 aromatic carbocycles. The summed E-state index contributed by atoms with van der Waals surface area (Å²) >= 11 is 0. The first kappa shape index (κ1) is 14.9. The van der Waals surface area contributed by atoms with E-state index in [1.54, 1.807) is 26.0 Å². The van der Waals surface area contributed by atoms with E-state index in [1.165, 1.54) is 17.5 Å². The summed E-state index contributed by atoms with van der Waals surface area (Å²) in [5.74, 6) is 0.622. The van der Waals surface area contributed by atoms with E-state index in [1.807, 2.05) is 0 Å². The number of aryl methyl sites for hydroxylation is 1. The van der Waals surface area contributed by atoms with Crippen molar-refractivity contribution in [3.8, 4) is 5.75 Å². The second kappa shape index (κ2) is 6.17. The molecule has 0 amide bonds. The normalized spacial score (nSPS) is 11.8. The van der Waals surface area contributed by atoms with Crippen LogP contribution < -0.4 is 4.74 Å². The highest BCUT2D eigenvalue weighted by molar-refractivity contribution is 7.89. The second-order valence-corrected chi connectivity index (χ2v) is 5.76. The van der Waals surface area contributed by atoms with Crippen LogP contribution in [0.3, 0.4) is 0 Å². The lowest BCUT2D eigenvalue weighted by Crippen LogP contribution is -2.33. The molecule has 0 unspecified atom stereocenters. The van der Waals surface area contributed by atoms with Crippen molar-refractivity contribution >= 4 is 10.0 Å². The fraction of sp³-hybridized carbons (Fsp3) is 0.500. The fourth-order valence-electron chi connectivity index (χ4n) is 1.74. The molecule has 0 bridgehead atoms. The van der Waals surface area contributed by atoms with Crippen LogP contribution in [0, 0.1) is 6.92 Å². The van der Waals surface area contributed by atoms with Crippen molar-refractivity contribution < 1.29 is 18.3 Å². The van der Waals surface area contributed by atoms with Crippen LogP contribution in [-0.2, 0) is 10.0 Å². The van der Waals surface area contributed by atoms with Crippen molar-refractivity contribution in [2.75, 3.05) is 26.8 Å². The summed E-state index contributed by atoms with van der Waals surface area (Å²) in [5, 5.41) is 8.90. The lowest BCUT2D eigenvalue weighted by Gasteiger charge is -2.20. The van der Waals surface area contributed by atoms with E-state index in [9.17, 15) is 8.42 Å². The average molecular weight is 273 g/mol. The van der Waals surface area contributed by atoms with Gasteiger partial charge in [-0.25, -0.2) is 8.42 Å². The number of rotatable bonds is 6. The summed E-state index contributed by atoms with van der Waals surface area (Å²) in [6.07, 6.45) is 0. The zero-order chi connectivity index (χ0) is 13.8. The molecule has 1 N–H and O–H groups in total. The number of sulfonamides is 1. The summed E-state index contributed by atoms with van der Waals surface area (Å²) in [5.41, 5.74) is 0.630. The first-order valence-electron chi connectivity index (χ1n) is 5.73. The van der Waals surface area contributed by atoms with E-state index in [4.69, 9.17) is 9.84 Å². The minimum atomic E-state index is -3.55. The molecule has 0 radical (unpaired) electrons. The Kier molecular flexibility index (Phi) is 5.13. The van der Waals surface area contributed by atoms with Crippen LogP contribution in [0.4, 0.5) is 0 Å². The van der Waals surface area contributed by atoms with Crippen LogP contribution in [0.2, 0.25) is 0 Å². The number of benzene rings is 1. The predicted octanol–water partition coefficient (Wildman–Crippen LogP) is 1.01. The van der Waals surface area contributed by atoms with E-state index in [0.717, 1.165) is 0 Å². The van der Waals surface area contributed by atoms with Gasteiger partial charge in [0.15, 0.2) is 0 Å². The number of aliphatic hydroxyl groups is 1. The Morgan fingerprint density at radius 1 is 1.39 bits per heavy atom. The van der Waals surface area contributed by atoms with Gasteiger partial charge < -0.3 is 9.84 Å². The SMILES string of the molecule is CCN(CCO)S(=O)(=O)c1ccc(OC)cc1C. The molecule has 0 saturated heterocycles. The van der Waals surface area contributed by atoms with Crippen LogP contribution >= 0.6 is 0 Å². The Bertz CT molecular complexity index is 499. The quantitative estimate of drug-likeness (QED) is 0.840. The molecule has 0 aliphatic carbocycles. The van der Waals surface area contributed by atoms with E-state index >= 15 is 0 Å². The molecule has 6 heteroatoms. The maximum Gasteiger partial charge on any atom is 0.243 e. The summed E-state index contributed by atoms with van der Waals surface area (Å²) < 4.78 is 31.0. The standard InChI is InChI=1S/C12H19NO4S/c1-4-13(7-8-14)18(15,16)12-6-5-11(17-3)9-10(12)2/h5-6,9,14H,4,7-8H2,1-3H3. The number of ether oxygens (including phenoxy) is 1. The van der Waals surface area contributed by atoms with Crippen LogP contribution in [0.15, 0.2) is 23.1 Å². The third kappa shape index (κ3) is 3.01. The minimum absolute atomic E-state index is 0.101. The number of hydrogen-bond acceptors (Lipinski definition) is 4. The molecule has 0 heterocycles. The number of hydrogen-bond donors (Lipinski definition) is 1. The molecule has 5 nitrogen and oxygen atoms in total. The van der Waals surface area contributed by atoms with Crippen molar-refractivity contribution in [2.45, 2.75) is 18.7 Å². The van der Waals surface area contributed by atoms with Gasteiger partial charge in [0.1, 0.15) is 5.75 Å². The van der Waals surface area contributed by atoms with Gasteiger partial charge in [-0.05, 0) is 30.7 Å². The molecule has 0 spiro atoms. The van der Waals surface area contributed by atoms with Gasteiger partial charge in [0.25, 0.3) is 0 Å². The van der Waals surface area contributed by atoms with Gasteiger partial charge in [0.2, 0.25) is 10.0 Å². The largest absolute Gasteiger partial charge is 0.497 e. The monoisotopic (exact) mass is 273 g/mol. The third-order valence-electron chi connectivity index (χ3n) is 2.70. The summed E-state index contributed by atoms with van der Waals surface area (Å²) in [4.78, 5) is 0.249. The molecule has 0 aliphatic rings. The minimum Gasteiger partial charge on any atom is -0.497 e. The Balaban J connectivity index is 3.19. The van der Waals surface area contributed by atoms with Gasteiger partial charge in [-0.1, -0.05) is 6.92 Å². The van der Waals surface area contributed by atoms with Crippen molar-refractivity contribution in [3.63, 3.8) is 0 Å². The summed E-state index contributed by atoms with van der Waals surface area (Å²) in [6, 6.07) is 4.83. The van der Waals surface area contributed by atoms with Gasteiger partial charge in [0, 0.05) is 13.1 Å². The molecule has 0 saturated carbocycles. The lowest BCUT2D eigenvalue weighted by atomic mass is 10.2. The first-order valence-corrected chi connectivity index (χ1v) is 7.17. The molecule has 0 atom stereocenters. The van der Waals surface area contributed by atoms with E-state index in [2.05, 4.69) is 0 Å². The van der Waals surface area contributed by atoms with E-state index < -0.39 is 10.0 Å². The summed E-state index contributed by atoms with van der Waals surface area (Å²) in [6.45, 7) is 3.70. The Hall–Kier alpha value is -1.11. The zero-order valence-electron chi connectivity index (χ0n) is 10.9. The Labute approximate surface area is 108 Å². The van der Waals surface area contributed by atoms with Crippen LogP contribution in [0.25, 0.3) is 0 Å². The van der Waals surface area contributed by atoms with Gasteiger partial charge in [-0.3, -0.25) is 0 Å². The highest BCUT2D eigenvalue weighted by Gasteiger charge is 2.24. The maximum absolute atomic E-state index is 12.3. The van der Waals surface area contributed by atoms with Gasteiger partial charge >= 0.3 is 0 Å². The zero-order valence-corrected chi connectivity index (χ0v) is 11.7. The molecule has 18 heavy (non-hydrogen) atoms. The molecule has 0 fully saturated rings. The van der Waals surface area contributed by atoms with Crippen LogP contribution in [-0.4, -0.2) is 44.6 Å². The Morgan fingerprint density at radius 3 is 2.50 bits per heavy atom. The number of methoxy groups -OCH3 is 1. The molecule has 0 aliphatic heterocycles. The molecular weight excluding hydrogens is 254 g/mol. The summed E-state index contributed by atoms with van der Waals surface area (Å²) in [7, 11) is -2.02. The van der Waals surface area contributed by atoms with Crippen LogP contribution in [0.5, 0.6) is 5.75 Å². The molecule has 1 rings (SSSR count). The van der Waals surface area contributed by atoms with Gasteiger partial charge in [0.05, 0.1) is 18.6 Å².